The number of aliphatic hydroxyl groups is 2. The maximum absolute atomic E-state index is 16.1. The minimum absolute atomic E-state index is 0.0948. The second-order valence-corrected chi connectivity index (χ2v) is 17.4. The van der Waals surface area contributed by atoms with E-state index in [9.17, 15) is 32.6 Å². The standard InChI is InChI=1S/C33H26F4N8O2.C15H10BrF4N5O/c34-26-8-11-28(29(35)17-26)32(47,20-45-21-40-41-42-45)33(36,37)30-12-7-25(19-39-30)23-5-9-27(10-6-23)43-13-15-44(16-14-43)31(46)24-3-1-22(18-38)2-4-24;16-9-1-4-13(21-6-9)15(19,20)14(26,7-25-8-22-23-24-25)11-3-2-10(17)5-12(11)18/h1-12,17,19,21,47H,13-16,20H2;1-6,8,26H,7H2/t32-;14-/m00/s1. The Morgan fingerprint density at radius 1 is 0.630 bits per heavy atom. The van der Waals surface area contributed by atoms with Gasteiger partial charge in [-0.1, -0.05) is 18.2 Å². The lowest BCUT2D eigenvalue weighted by atomic mass is 9.84. The molecule has 1 aliphatic heterocycles. The summed E-state index contributed by atoms with van der Waals surface area (Å²) in [6, 6.07) is 24.6. The number of piperazine rings is 1. The fraction of sp³-hybridized carbons (Fsp3) is 0.208. The molecule has 73 heavy (non-hydrogen) atoms. The van der Waals surface area contributed by atoms with Crippen molar-refractivity contribution in [3.8, 4) is 17.2 Å². The molecule has 0 radical (unpaired) electrons. The van der Waals surface area contributed by atoms with Crippen molar-refractivity contribution in [1.82, 2.24) is 55.3 Å². The predicted molar refractivity (Wildman–Crippen MR) is 245 cm³/mol. The highest BCUT2D eigenvalue weighted by Gasteiger charge is 2.59. The summed E-state index contributed by atoms with van der Waals surface area (Å²) in [5.74, 6) is -13.0. The van der Waals surface area contributed by atoms with E-state index < -0.39 is 81.9 Å². The number of carbonyl (C=O) groups excluding carboxylic acids is 1. The summed E-state index contributed by atoms with van der Waals surface area (Å²) in [7, 11) is 0. The first kappa shape index (κ1) is 51.3. The number of alkyl halides is 4. The van der Waals surface area contributed by atoms with Crippen molar-refractivity contribution in [2.45, 2.75) is 36.1 Å². The van der Waals surface area contributed by atoms with Crippen molar-refractivity contribution < 1.29 is 50.1 Å². The highest BCUT2D eigenvalue weighted by atomic mass is 79.9. The highest BCUT2D eigenvalue weighted by Crippen LogP contribution is 2.48. The van der Waals surface area contributed by atoms with Crippen molar-refractivity contribution in [3.63, 3.8) is 0 Å². The normalized spacial score (nSPS) is 14.6. The topological polar surface area (TPSA) is 201 Å². The quantitative estimate of drug-likeness (QED) is 0.109. The molecule has 1 amide bonds. The maximum atomic E-state index is 16.1. The van der Waals surface area contributed by atoms with Gasteiger partial charge in [0.1, 0.15) is 47.3 Å². The number of hydrogen-bond acceptors (Lipinski definition) is 13. The summed E-state index contributed by atoms with van der Waals surface area (Å²) >= 11 is 3.07. The molecule has 4 aromatic heterocycles. The van der Waals surface area contributed by atoms with Gasteiger partial charge in [-0.15, -0.1) is 10.2 Å². The van der Waals surface area contributed by atoms with Gasteiger partial charge in [0.15, 0.2) is 11.2 Å². The van der Waals surface area contributed by atoms with Crippen molar-refractivity contribution in [2.24, 2.45) is 0 Å². The zero-order chi connectivity index (χ0) is 52.1. The summed E-state index contributed by atoms with van der Waals surface area (Å²) in [6.45, 7) is 0.402. The van der Waals surface area contributed by atoms with Crippen LogP contribution in [0, 0.1) is 34.6 Å². The third kappa shape index (κ3) is 10.6. The average Bonchev–Trinajstić information content (AvgIpc) is 4.11. The van der Waals surface area contributed by atoms with Crippen molar-refractivity contribution in [1.29, 1.82) is 5.26 Å². The number of carbonyl (C=O) groups is 1. The summed E-state index contributed by atoms with van der Waals surface area (Å²) in [5.41, 5.74) is -6.53. The molecule has 4 aromatic carbocycles. The molecule has 1 saturated heterocycles. The SMILES string of the molecule is N#Cc1ccc(C(=O)N2CCN(c3ccc(-c4ccc(C(F)(F)[C@](O)(Cn5cnnn5)c5ccc(F)cc5F)nc4)cc3)CC2)cc1.O[C@@](Cn1cnnn1)(c1ccc(F)cc1F)C(F)(F)c1ccc(Br)cn1. The number of benzene rings is 4. The largest absolute Gasteiger partial charge is 0.377 e. The van der Waals surface area contributed by atoms with Crippen molar-refractivity contribution in [2.75, 3.05) is 31.1 Å². The first-order valence-electron chi connectivity index (χ1n) is 21.6. The van der Waals surface area contributed by atoms with Gasteiger partial charge in [-0.25, -0.2) is 26.9 Å². The Balaban J connectivity index is 0.000000231. The molecule has 0 aliphatic carbocycles. The van der Waals surface area contributed by atoms with E-state index in [1.165, 1.54) is 18.3 Å². The molecule has 374 valence electrons. The van der Waals surface area contributed by atoms with E-state index in [2.05, 4.69) is 61.8 Å². The van der Waals surface area contributed by atoms with Gasteiger partial charge in [-0.2, -0.15) is 22.8 Å². The molecule has 2 N–H and O–H groups in total. The van der Waals surface area contributed by atoms with Crippen LogP contribution in [0.15, 0.2) is 139 Å². The van der Waals surface area contributed by atoms with Gasteiger partial charge >= 0.3 is 11.8 Å². The zero-order valence-electron chi connectivity index (χ0n) is 37.5. The summed E-state index contributed by atoms with van der Waals surface area (Å²) in [6.07, 6.45) is 4.31. The van der Waals surface area contributed by atoms with Crippen molar-refractivity contribution >= 4 is 27.5 Å². The smallest absolute Gasteiger partial charge is 0.323 e. The van der Waals surface area contributed by atoms with Gasteiger partial charge < -0.3 is 20.0 Å². The van der Waals surface area contributed by atoms with E-state index in [0.717, 1.165) is 70.3 Å². The lowest BCUT2D eigenvalue weighted by molar-refractivity contribution is -0.207. The number of nitrogens with zero attached hydrogens (tertiary/aromatic N) is 13. The second kappa shape index (κ2) is 20.9. The van der Waals surface area contributed by atoms with Crippen LogP contribution in [0.5, 0.6) is 0 Å². The number of aromatic nitrogens is 10. The monoisotopic (exact) mass is 1070 g/mol. The molecule has 0 bridgehead atoms. The van der Waals surface area contributed by atoms with Gasteiger partial charge in [0, 0.05) is 83.1 Å². The Morgan fingerprint density at radius 3 is 1.55 bits per heavy atom. The lowest BCUT2D eigenvalue weighted by Gasteiger charge is -2.36. The summed E-state index contributed by atoms with van der Waals surface area (Å²) < 4.78 is 121. The van der Waals surface area contributed by atoms with E-state index in [1.807, 2.05) is 30.3 Å². The Hall–Kier alpha value is -8.08. The fourth-order valence-electron chi connectivity index (χ4n) is 7.97. The minimum Gasteiger partial charge on any atom is -0.377 e. The van der Waals surface area contributed by atoms with Gasteiger partial charge in [0.2, 0.25) is 0 Å². The number of nitriles is 1. The third-order valence-corrected chi connectivity index (χ3v) is 12.4. The fourth-order valence-corrected chi connectivity index (χ4v) is 8.20. The average molecular weight is 1070 g/mol. The predicted octanol–water partition coefficient (Wildman–Crippen LogP) is 7.32. The van der Waals surface area contributed by atoms with Gasteiger partial charge in [-0.05, 0) is 121 Å². The Labute approximate surface area is 416 Å². The highest BCUT2D eigenvalue weighted by molar-refractivity contribution is 9.10. The molecule has 1 aliphatic rings. The summed E-state index contributed by atoms with van der Waals surface area (Å²) in [4.78, 5) is 24.3. The van der Waals surface area contributed by atoms with Crippen LogP contribution in [-0.2, 0) is 36.1 Å². The molecule has 2 atom stereocenters. The van der Waals surface area contributed by atoms with E-state index in [0.29, 0.717) is 65.0 Å². The molecule has 0 saturated carbocycles. The molecule has 1 fully saturated rings. The lowest BCUT2D eigenvalue weighted by Crippen LogP contribution is -2.48. The number of amides is 1. The number of tetrazole rings is 2. The molecule has 5 heterocycles. The number of pyridine rings is 2. The van der Waals surface area contributed by atoms with Crippen LogP contribution in [0.25, 0.3) is 11.1 Å². The van der Waals surface area contributed by atoms with Crippen LogP contribution in [0.2, 0.25) is 0 Å². The van der Waals surface area contributed by atoms with Gasteiger partial charge in [-0.3, -0.25) is 14.8 Å². The first-order chi connectivity index (χ1) is 34.8. The van der Waals surface area contributed by atoms with Gasteiger partial charge in [0.05, 0.1) is 24.7 Å². The Morgan fingerprint density at radius 2 is 1.12 bits per heavy atom. The molecule has 25 heteroatoms. The molecule has 0 spiro atoms. The number of rotatable bonds is 13. The molecular formula is C48H36BrF8N13O3. The molecular weight excluding hydrogens is 1040 g/mol. The summed E-state index contributed by atoms with van der Waals surface area (Å²) in [5, 5.41) is 51.6. The van der Waals surface area contributed by atoms with E-state index in [-0.39, 0.29) is 5.91 Å². The third-order valence-electron chi connectivity index (χ3n) is 11.9. The van der Waals surface area contributed by atoms with E-state index >= 15 is 17.6 Å². The molecule has 9 rings (SSSR count). The maximum Gasteiger partial charge on any atom is 0.323 e. The Bertz CT molecular complexity index is 3220. The van der Waals surface area contributed by atoms with Crippen LogP contribution < -0.4 is 4.90 Å². The molecule has 16 nitrogen and oxygen atoms in total. The van der Waals surface area contributed by atoms with Crippen LogP contribution >= 0.6 is 15.9 Å². The first-order valence-corrected chi connectivity index (χ1v) is 22.4. The zero-order valence-corrected chi connectivity index (χ0v) is 39.0. The molecule has 0 unspecified atom stereocenters. The number of halogens is 9. The number of anilines is 1. The van der Waals surface area contributed by atoms with Crippen LogP contribution in [0.3, 0.4) is 0 Å². The van der Waals surface area contributed by atoms with E-state index in [4.69, 9.17) is 5.26 Å². The second-order valence-electron chi connectivity index (χ2n) is 16.4. The number of hydrogen-bond donors (Lipinski definition) is 2. The van der Waals surface area contributed by atoms with Crippen LogP contribution in [0.1, 0.15) is 38.4 Å². The van der Waals surface area contributed by atoms with Gasteiger partial charge in [0.25, 0.3) is 5.91 Å². The Kier molecular flexibility index (Phi) is 14.7. The van der Waals surface area contributed by atoms with Crippen LogP contribution in [0.4, 0.5) is 40.8 Å². The van der Waals surface area contributed by atoms with Crippen molar-refractivity contribution in [3.05, 3.63) is 196 Å². The minimum atomic E-state index is -4.16. The molecule has 8 aromatic rings. The van der Waals surface area contributed by atoms with Crippen LogP contribution in [-0.4, -0.2) is 97.6 Å². The van der Waals surface area contributed by atoms with E-state index in [1.54, 1.807) is 29.2 Å².